The molecule has 7 aromatic rings. The van der Waals surface area contributed by atoms with Crippen LogP contribution in [0.3, 0.4) is 0 Å². The van der Waals surface area contributed by atoms with Gasteiger partial charge in [0.25, 0.3) is 0 Å². The number of hydrogen-bond donors (Lipinski definition) is 5. The summed E-state index contributed by atoms with van der Waals surface area (Å²) in [5, 5.41) is 41.7. The normalized spacial score (nSPS) is 11.2. The average Bonchev–Trinajstić information content (AvgIpc) is 3.44. The van der Waals surface area contributed by atoms with Crippen molar-refractivity contribution in [1.29, 1.82) is 0 Å². The Bertz CT molecular complexity index is 1960. The van der Waals surface area contributed by atoms with E-state index in [0.29, 0.717) is 32.3 Å². The van der Waals surface area contributed by atoms with Crippen molar-refractivity contribution in [2.45, 2.75) is 0 Å². The lowest BCUT2D eigenvalue weighted by Crippen LogP contribution is -2.07. The molecule has 1 aromatic heterocycles. The first kappa shape index (κ1) is 25.3. The first-order valence-corrected chi connectivity index (χ1v) is 12.2. The van der Waals surface area contributed by atoms with Crippen LogP contribution in [0.25, 0.3) is 54.1 Å². The zero-order valence-corrected chi connectivity index (χ0v) is 20.9. The number of para-hydroxylation sites is 2. The highest BCUT2D eigenvalue weighted by Crippen LogP contribution is 2.44. The number of nitrogens with zero attached hydrogens (tertiary/aromatic N) is 1. The molecule has 0 fully saturated rings. The smallest absolute Gasteiger partial charge is 0.336 e. The Morgan fingerprint density at radius 1 is 0.488 bits per heavy atom. The Morgan fingerprint density at radius 3 is 1.20 bits per heavy atom. The summed E-state index contributed by atoms with van der Waals surface area (Å²) in [6, 6.07) is 19.3. The summed E-state index contributed by atoms with van der Waals surface area (Å²) in [6.45, 7) is 0. The van der Waals surface area contributed by atoms with Crippen molar-refractivity contribution in [2.24, 2.45) is 0 Å². The molecule has 0 saturated carbocycles. The minimum absolute atomic E-state index is 0.0587. The number of hydrogen-bond acceptors (Lipinski definition) is 5. The van der Waals surface area contributed by atoms with E-state index in [1.165, 1.54) is 48.5 Å². The van der Waals surface area contributed by atoms with Crippen molar-refractivity contribution < 1.29 is 39.6 Å². The van der Waals surface area contributed by atoms with Crippen LogP contribution in [0.5, 0.6) is 0 Å². The molecule has 0 aliphatic carbocycles. The van der Waals surface area contributed by atoms with Gasteiger partial charge >= 0.3 is 23.9 Å². The fraction of sp³-hybridized carbons (Fsp3) is 0. The van der Waals surface area contributed by atoms with Crippen molar-refractivity contribution in [3.63, 3.8) is 0 Å². The second-order valence-electron chi connectivity index (χ2n) is 9.28. The SMILES string of the molecule is O=C(O)c1ccc2c3ccc(C(=O)O)c4c(C(=O)O)ccc(c5ccc(C(=O)O)c1c25)c43.c1ccc2[nH]cnc2c1. The van der Waals surface area contributed by atoms with Crippen molar-refractivity contribution in [1.82, 2.24) is 9.97 Å². The lowest BCUT2D eigenvalue weighted by molar-refractivity contribution is 0.0681. The molecule has 0 aliphatic heterocycles. The Kier molecular flexibility index (Phi) is 5.74. The van der Waals surface area contributed by atoms with Crippen LogP contribution in [0.1, 0.15) is 41.4 Å². The molecule has 200 valence electrons. The number of aromatic amines is 1. The van der Waals surface area contributed by atoms with Gasteiger partial charge in [-0.2, -0.15) is 0 Å². The third-order valence-corrected chi connectivity index (χ3v) is 7.15. The molecular formula is C31H18N2O8. The van der Waals surface area contributed by atoms with Gasteiger partial charge in [0, 0.05) is 10.8 Å². The van der Waals surface area contributed by atoms with Crippen molar-refractivity contribution in [3.05, 3.63) is 101 Å². The molecule has 10 nitrogen and oxygen atoms in total. The van der Waals surface area contributed by atoms with E-state index in [2.05, 4.69) is 9.97 Å². The lowest BCUT2D eigenvalue weighted by atomic mass is 9.84. The number of carboxylic acid groups (broad SMARTS) is 4. The standard InChI is InChI=1S/C24H12O8.C7H6N2/c25-21(26)13-5-1-9-10-2-6-15(23(29)30)20-16(24(31)32)8-4-12(18(10)20)11-3-7-14(22(27)28)19(13)17(9)11;1-2-4-7-6(3-1)8-5-9-7/h1-8H,(H,25,26)(H,27,28)(H,29,30)(H,31,32);1-5H,(H,8,9). The van der Waals surface area contributed by atoms with Crippen LogP contribution in [0.15, 0.2) is 79.1 Å². The molecule has 0 amide bonds. The highest BCUT2D eigenvalue weighted by molar-refractivity contribution is 6.38. The second kappa shape index (κ2) is 9.31. The molecule has 6 aromatic carbocycles. The third kappa shape index (κ3) is 3.85. The first-order valence-electron chi connectivity index (χ1n) is 12.2. The number of imidazole rings is 1. The fourth-order valence-electron chi connectivity index (χ4n) is 5.48. The summed E-state index contributed by atoms with van der Waals surface area (Å²) in [5.74, 6) is -5.13. The molecule has 1 heterocycles. The first-order chi connectivity index (χ1) is 19.7. The van der Waals surface area contributed by atoms with Crippen molar-refractivity contribution >= 4 is 78.0 Å². The number of H-pyrrole nitrogens is 1. The minimum Gasteiger partial charge on any atom is -0.478 e. The van der Waals surface area contributed by atoms with Crippen LogP contribution in [0, 0.1) is 0 Å². The number of benzene rings is 6. The summed E-state index contributed by atoms with van der Waals surface area (Å²) in [5.41, 5.74) is 1.42. The number of nitrogens with one attached hydrogen (secondary N) is 1. The minimum atomic E-state index is -1.28. The maximum absolute atomic E-state index is 11.9. The number of aromatic carboxylic acids is 4. The van der Waals surface area contributed by atoms with Gasteiger partial charge in [0.05, 0.1) is 39.6 Å². The maximum Gasteiger partial charge on any atom is 0.336 e. The van der Waals surface area contributed by atoms with Gasteiger partial charge in [0.1, 0.15) is 0 Å². The quantitative estimate of drug-likeness (QED) is 0.129. The van der Waals surface area contributed by atoms with E-state index in [1.54, 1.807) is 6.33 Å². The van der Waals surface area contributed by atoms with Gasteiger partial charge in [0.15, 0.2) is 0 Å². The average molecular weight is 546 g/mol. The molecule has 7 rings (SSSR count). The van der Waals surface area contributed by atoms with E-state index in [4.69, 9.17) is 0 Å². The topological polar surface area (TPSA) is 178 Å². The predicted molar refractivity (Wildman–Crippen MR) is 152 cm³/mol. The summed E-state index contributed by atoms with van der Waals surface area (Å²) < 4.78 is 0. The molecule has 0 unspecified atom stereocenters. The summed E-state index contributed by atoms with van der Waals surface area (Å²) in [7, 11) is 0. The van der Waals surface area contributed by atoms with Gasteiger partial charge in [-0.15, -0.1) is 0 Å². The molecular weight excluding hydrogens is 528 g/mol. The van der Waals surface area contributed by atoms with Gasteiger partial charge < -0.3 is 25.4 Å². The van der Waals surface area contributed by atoms with E-state index in [9.17, 15) is 39.6 Å². The molecule has 0 bridgehead atoms. The molecule has 10 heteroatoms. The molecule has 0 radical (unpaired) electrons. The highest BCUT2D eigenvalue weighted by atomic mass is 16.4. The Morgan fingerprint density at radius 2 is 0.854 bits per heavy atom. The molecule has 0 saturated heterocycles. The van der Waals surface area contributed by atoms with Crippen LogP contribution < -0.4 is 0 Å². The molecule has 41 heavy (non-hydrogen) atoms. The Hall–Kier alpha value is -6.03. The summed E-state index contributed by atoms with van der Waals surface area (Å²) in [6.07, 6.45) is 1.70. The number of fused-ring (bicyclic) bond motifs is 3. The van der Waals surface area contributed by atoms with Crippen LogP contribution >= 0.6 is 0 Å². The highest BCUT2D eigenvalue weighted by Gasteiger charge is 2.25. The van der Waals surface area contributed by atoms with Gasteiger partial charge in [-0.25, -0.2) is 24.2 Å². The molecule has 0 aliphatic rings. The number of carbonyl (C=O) groups is 4. The van der Waals surface area contributed by atoms with Gasteiger partial charge in [-0.1, -0.05) is 36.4 Å². The number of carboxylic acids is 4. The Labute approximate surface area is 229 Å². The van der Waals surface area contributed by atoms with Gasteiger partial charge in [-0.3, -0.25) is 0 Å². The zero-order valence-electron chi connectivity index (χ0n) is 20.9. The maximum atomic E-state index is 11.9. The van der Waals surface area contributed by atoms with Gasteiger partial charge in [0.2, 0.25) is 0 Å². The number of aromatic nitrogens is 2. The monoisotopic (exact) mass is 546 g/mol. The van der Waals surface area contributed by atoms with Crippen molar-refractivity contribution in [3.8, 4) is 0 Å². The molecule has 0 atom stereocenters. The van der Waals surface area contributed by atoms with Crippen LogP contribution in [0.2, 0.25) is 0 Å². The van der Waals surface area contributed by atoms with Gasteiger partial charge in [-0.05, 0) is 68.7 Å². The molecule has 5 N–H and O–H groups in total. The van der Waals surface area contributed by atoms with E-state index < -0.39 is 23.9 Å². The summed E-state index contributed by atoms with van der Waals surface area (Å²) in [4.78, 5) is 54.6. The van der Waals surface area contributed by atoms with Crippen LogP contribution in [0.4, 0.5) is 0 Å². The van der Waals surface area contributed by atoms with Crippen molar-refractivity contribution in [2.75, 3.05) is 0 Å². The zero-order chi connectivity index (χ0) is 29.0. The van der Waals surface area contributed by atoms with Crippen LogP contribution in [-0.2, 0) is 0 Å². The number of rotatable bonds is 4. The predicted octanol–water partition coefficient (Wildman–Crippen LogP) is 6.09. The Balaban J connectivity index is 0.000000283. The molecule has 0 spiro atoms. The largest absolute Gasteiger partial charge is 0.478 e. The second-order valence-corrected chi connectivity index (χ2v) is 9.28. The van der Waals surface area contributed by atoms with Crippen LogP contribution in [-0.4, -0.2) is 54.3 Å². The van der Waals surface area contributed by atoms with E-state index in [0.717, 1.165) is 11.0 Å². The summed E-state index contributed by atoms with van der Waals surface area (Å²) >= 11 is 0. The van der Waals surface area contributed by atoms with E-state index in [1.807, 2.05) is 24.3 Å². The fourth-order valence-corrected chi connectivity index (χ4v) is 5.48. The lowest BCUT2D eigenvalue weighted by Gasteiger charge is -2.18. The van der Waals surface area contributed by atoms with E-state index in [-0.39, 0.29) is 33.0 Å². The van der Waals surface area contributed by atoms with E-state index >= 15 is 0 Å². The third-order valence-electron chi connectivity index (χ3n) is 7.15.